The van der Waals surface area contributed by atoms with Gasteiger partial charge in [0.05, 0.1) is 11.5 Å². The zero-order chi connectivity index (χ0) is 36.9. The molecule has 0 saturated carbocycles. The van der Waals surface area contributed by atoms with Gasteiger partial charge in [0.2, 0.25) is 0 Å². The van der Waals surface area contributed by atoms with Gasteiger partial charge in [0.1, 0.15) is 0 Å². The van der Waals surface area contributed by atoms with E-state index in [4.69, 9.17) is 5.73 Å². The Labute approximate surface area is 323 Å². The Balaban J connectivity index is 1.22. The highest BCUT2D eigenvalue weighted by atomic mass is 15.1. The minimum absolute atomic E-state index is 0.261. The van der Waals surface area contributed by atoms with Gasteiger partial charge in [-0.2, -0.15) is 0 Å². The van der Waals surface area contributed by atoms with Crippen LogP contribution in [0.2, 0.25) is 0 Å². The maximum Gasteiger partial charge on any atom is 0.0697 e. The van der Waals surface area contributed by atoms with Gasteiger partial charge in [-0.05, 0) is 126 Å². The predicted octanol–water partition coefficient (Wildman–Crippen LogP) is 12.9. The van der Waals surface area contributed by atoms with Gasteiger partial charge in [-0.3, -0.25) is 0 Å². The number of nitrogens with zero attached hydrogens (tertiary/aromatic N) is 1. The number of allylic oxidation sites excluding steroid dienone is 4. The third-order valence-corrected chi connectivity index (χ3v) is 12.1. The van der Waals surface area contributed by atoms with E-state index in [2.05, 4.69) is 206 Å². The quantitative estimate of drug-likeness (QED) is 0.179. The minimum atomic E-state index is -0.540. The molecule has 10 rings (SSSR count). The zero-order valence-electron chi connectivity index (χ0n) is 31.0. The largest absolute Gasteiger partial charge is 0.344 e. The summed E-state index contributed by atoms with van der Waals surface area (Å²) in [6, 6.07) is 66.4. The van der Waals surface area contributed by atoms with E-state index in [0.717, 1.165) is 29.7 Å². The standard InChI is InChI=1S/C53H42N2/c1-55(45-20-6-3-7-21-45)51-35-42-19-11-10-18-41(42)34-50(51)53(44-30-28-37-16-8-9-17-40(37)32-44)48-23-13-12-22-46(48)47-33-43(29-31-49(47)53)52(54)39-26-24-38(25-27-39)36-14-4-2-5-15-36/h2-12,14-22,24-35,52H,13,23,54H2,1H3. The molecular formula is C53H42N2. The summed E-state index contributed by atoms with van der Waals surface area (Å²) >= 11 is 0. The van der Waals surface area contributed by atoms with Gasteiger partial charge in [0, 0.05) is 18.4 Å². The second kappa shape index (κ2) is 13.4. The van der Waals surface area contributed by atoms with Crippen LogP contribution in [-0.4, -0.2) is 7.05 Å². The van der Waals surface area contributed by atoms with E-state index in [-0.39, 0.29) is 6.04 Å². The van der Waals surface area contributed by atoms with Crippen molar-refractivity contribution in [1.82, 2.24) is 0 Å². The Morgan fingerprint density at radius 2 is 1.16 bits per heavy atom. The maximum atomic E-state index is 7.17. The smallest absolute Gasteiger partial charge is 0.0697 e. The molecule has 2 unspecified atom stereocenters. The lowest BCUT2D eigenvalue weighted by molar-refractivity contribution is 0.697. The van der Waals surface area contributed by atoms with Gasteiger partial charge in [0.25, 0.3) is 0 Å². The lowest BCUT2D eigenvalue weighted by atomic mass is 9.64. The molecule has 2 heteroatoms. The number of nitrogens with two attached hydrogens (primary N) is 1. The second-order valence-electron chi connectivity index (χ2n) is 15.0. The van der Waals surface area contributed by atoms with Crippen LogP contribution in [0.4, 0.5) is 11.4 Å². The summed E-state index contributed by atoms with van der Waals surface area (Å²) in [4.78, 5) is 2.38. The van der Waals surface area contributed by atoms with Crippen molar-refractivity contribution in [1.29, 1.82) is 0 Å². The molecule has 0 radical (unpaired) electrons. The number of benzene rings is 8. The first-order chi connectivity index (χ1) is 27.1. The second-order valence-corrected chi connectivity index (χ2v) is 15.0. The third kappa shape index (κ3) is 5.44. The molecule has 2 N–H and O–H groups in total. The lowest BCUT2D eigenvalue weighted by Gasteiger charge is -2.40. The first kappa shape index (κ1) is 33.1. The van der Waals surface area contributed by atoms with Gasteiger partial charge >= 0.3 is 0 Å². The Morgan fingerprint density at radius 1 is 0.545 bits per heavy atom. The molecule has 0 fully saturated rings. The van der Waals surface area contributed by atoms with Crippen LogP contribution in [0, 0.1) is 0 Å². The molecule has 2 atom stereocenters. The van der Waals surface area contributed by atoms with E-state index in [1.54, 1.807) is 0 Å². The molecule has 0 amide bonds. The Kier molecular flexibility index (Phi) is 8.08. The predicted molar refractivity (Wildman–Crippen MR) is 232 cm³/mol. The van der Waals surface area contributed by atoms with Gasteiger partial charge in [0.15, 0.2) is 0 Å². The summed E-state index contributed by atoms with van der Waals surface area (Å²) in [5.74, 6) is 0. The Bertz CT molecular complexity index is 2780. The average Bonchev–Trinajstić information content (AvgIpc) is 3.56. The SMILES string of the molecule is CN(c1ccccc1)c1cc2ccccc2cc1C1(c2ccc3ccccc3c2)C2=C(C=CCC2)c2cc(C(N)c3ccc(-c4ccccc4)cc3)ccc21. The van der Waals surface area contributed by atoms with Crippen LogP contribution < -0.4 is 10.6 Å². The molecule has 8 aromatic carbocycles. The van der Waals surface area contributed by atoms with E-state index in [1.165, 1.54) is 71.8 Å². The van der Waals surface area contributed by atoms with Crippen LogP contribution in [-0.2, 0) is 5.41 Å². The molecule has 2 aliphatic carbocycles. The first-order valence-electron chi connectivity index (χ1n) is 19.4. The van der Waals surface area contributed by atoms with Crippen LogP contribution in [0.5, 0.6) is 0 Å². The van der Waals surface area contributed by atoms with E-state index in [9.17, 15) is 0 Å². The van der Waals surface area contributed by atoms with Crippen LogP contribution in [0.3, 0.4) is 0 Å². The topological polar surface area (TPSA) is 29.3 Å². The highest BCUT2D eigenvalue weighted by molar-refractivity contribution is 5.97. The summed E-state index contributed by atoms with van der Waals surface area (Å²) in [5, 5.41) is 4.96. The summed E-state index contributed by atoms with van der Waals surface area (Å²) in [6.45, 7) is 0. The highest BCUT2D eigenvalue weighted by Gasteiger charge is 2.49. The molecule has 0 saturated heterocycles. The molecule has 2 nitrogen and oxygen atoms in total. The molecule has 55 heavy (non-hydrogen) atoms. The van der Waals surface area contributed by atoms with Crippen LogP contribution >= 0.6 is 0 Å². The van der Waals surface area contributed by atoms with Crippen molar-refractivity contribution in [3.8, 4) is 11.1 Å². The lowest BCUT2D eigenvalue weighted by Crippen LogP contribution is -2.32. The van der Waals surface area contributed by atoms with Gasteiger partial charge in [-0.25, -0.2) is 0 Å². The normalized spacial score (nSPS) is 16.6. The molecule has 0 aromatic heterocycles. The molecule has 0 bridgehead atoms. The number of fused-ring (bicyclic) bond motifs is 4. The van der Waals surface area contributed by atoms with Crippen molar-refractivity contribution < 1.29 is 0 Å². The number of hydrogen-bond acceptors (Lipinski definition) is 2. The molecule has 2 aliphatic rings. The van der Waals surface area contributed by atoms with E-state index < -0.39 is 5.41 Å². The summed E-state index contributed by atoms with van der Waals surface area (Å²) in [7, 11) is 2.22. The van der Waals surface area contributed by atoms with E-state index >= 15 is 0 Å². The summed E-state index contributed by atoms with van der Waals surface area (Å²) in [5.41, 5.74) is 21.6. The van der Waals surface area contributed by atoms with Crippen molar-refractivity contribution in [3.63, 3.8) is 0 Å². The molecule has 0 aliphatic heterocycles. The fourth-order valence-corrected chi connectivity index (χ4v) is 9.29. The average molecular weight is 707 g/mol. The van der Waals surface area contributed by atoms with Gasteiger partial charge < -0.3 is 10.6 Å². The van der Waals surface area contributed by atoms with Gasteiger partial charge in [-0.15, -0.1) is 0 Å². The molecule has 0 spiro atoms. The Hall–Kier alpha value is -6.48. The fourth-order valence-electron chi connectivity index (χ4n) is 9.29. The van der Waals surface area contributed by atoms with Crippen LogP contribution in [0.25, 0.3) is 38.2 Å². The number of anilines is 2. The van der Waals surface area contributed by atoms with Crippen molar-refractivity contribution in [2.24, 2.45) is 5.73 Å². The summed E-state index contributed by atoms with van der Waals surface area (Å²) < 4.78 is 0. The number of para-hydroxylation sites is 1. The summed E-state index contributed by atoms with van der Waals surface area (Å²) in [6.07, 6.45) is 6.70. The van der Waals surface area contributed by atoms with Crippen LogP contribution in [0.1, 0.15) is 52.3 Å². The van der Waals surface area contributed by atoms with Crippen LogP contribution in [0.15, 0.2) is 200 Å². The molecule has 264 valence electrons. The van der Waals surface area contributed by atoms with Crippen molar-refractivity contribution in [2.45, 2.75) is 24.3 Å². The van der Waals surface area contributed by atoms with E-state index in [0.29, 0.717) is 0 Å². The van der Waals surface area contributed by atoms with E-state index in [1.807, 2.05) is 0 Å². The molecule has 8 aromatic rings. The van der Waals surface area contributed by atoms with Crippen molar-refractivity contribution >= 4 is 38.5 Å². The Morgan fingerprint density at radius 3 is 1.91 bits per heavy atom. The highest BCUT2D eigenvalue weighted by Crippen LogP contribution is 2.60. The molecule has 0 heterocycles. The monoisotopic (exact) mass is 706 g/mol. The van der Waals surface area contributed by atoms with Crippen molar-refractivity contribution in [2.75, 3.05) is 11.9 Å². The first-order valence-corrected chi connectivity index (χ1v) is 19.4. The third-order valence-electron chi connectivity index (χ3n) is 12.1. The number of hydrogen-bond donors (Lipinski definition) is 1. The fraction of sp³-hybridized carbons (Fsp3) is 0.0943. The maximum absolute atomic E-state index is 7.17. The minimum Gasteiger partial charge on any atom is -0.344 e. The molecular weight excluding hydrogens is 665 g/mol. The van der Waals surface area contributed by atoms with Crippen molar-refractivity contribution in [3.05, 3.63) is 233 Å². The number of rotatable bonds is 7. The van der Waals surface area contributed by atoms with Gasteiger partial charge in [-0.1, -0.05) is 158 Å². The zero-order valence-corrected chi connectivity index (χ0v) is 31.0.